The Labute approximate surface area is 93.7 Å². The number of Topliss-reactive ketones (excluding diaryl/α,β-unsaturated/α-hetero) is 1. The Morgan fingerprint density at radius 2 is 2.00 bits per heavy atom. The van der Waals surface area contributed by atoms with Crippen LogP contribution in [-0.4, -0.2) is 45.5 Å². The molecule has 0 radical (unpaired) electrons. The molecule has 7 heteroatoms. The highest BCUT2D eigenvalue weighted by Crippen LogP contribution is 2.01. The number of aromatic nitrogens is 4. The van der Waals surface area contributed by atoms with Gasteiger partial charge in [0.2, 0.25) is 6.29 Å². The number of carbonyl (C=O) groups is 1. The lowest BCUT2D eigenvalue weighted by molar-refractivity contribution is -0.167. The summed E-state index contributed by atoms with van der Waals surface area (Å²) in [4.78, 5) is 13.0. The van der Waals surface area contributed by atoms with Gasteiger partial charge in [0, 0.05) is 13.2 Å². The van der Waals surface area contributed by atoms with E-state index < -0.39 is 6.29 Å². The van der Waals surface area contributed by atoms with E-state index in [0.717, 1.165) is 0 Å². The number of rotatable bonds is 7. The van der Waals surface area contributed by atoms with Gasteiger partial charge in [-0.2, -0.15) is 4.80 Å². The molecule has 0 unspecified atom stereocenters. The Kier molecular flexibility index (Phi) is 5.00. The van der Waals surface area contributed by atoms with Crippen molar-refractivity contribution in [2.45, 2.75) is 26.6 Å². The van der Waals surface area contributed by atoms with Crippen molar-refractivity contribution < 1.29 is 14.3 Å². The van der Waals surface area contributed by atoms with E-state index in [1.54, 1.807) is 20.9 Å². The second-order valence-electron chi connectivity index (χ2n) is 3.08. The number of tetrazole rings is 1. The zero-order valence-corrected chi connectivity index (χ0v) is 9.71. The first-order valence-electron chi connectivity index (χ1n) is 5.16. The van der Waals surface area contributed by atoms with E-state index in [2.05, 4.69) is 15.4 Å². The van der Waals surface area contributed by atoms with Gasteiger partial charge in [0.05, 0.1) is 13.5 Å². The van der Waals surface area contributed by atoms with Crippen molar-refractivity contribution in [2.24, 2.45) is 7.05 Å². The smallest absolute Gasteiger partial charge is 0.218 e. The molecule has 0 bridgehead atoms. The molecule has 0 aliphatic rings. The predicted molar refractivity (Wildman–Crippen MR) is 54.5 cm³/mol. The monoisotopic (exact) mass is 228 g/mol. The third kappa shape index (κ3) is 3.67. The summed E-state index contributed by atoms with van der Waals surface area (Å²) < 4.78 is 10.3. The van der Waals surface area contributed by atoms with E-state index in [4.69, 9.17) is 9.47 Å². The molecule has 0 aliphatic carbocycles. The minimum Gasteiger partial charge on any atom is -0.346 e. The fourth-order valence-electron chi connectivity index (χ4n) is 1.17. The van der Waals surface area contributed by atoms with Crippen molar-refractivity contribution in [1.29, 1.82) is 0 Å². The van der Waals surface area contributed by atoms with Gasteiger partial charge in [-0.1, -0.05) is 0 Å². The van der Waals surface area contributed by atoms with Crippen molar-refractivity contribution in [3.63, 3.8) is 0 Å². The topological polar surface area (TPSA) is 79.1 Å². The summed E-state index contributed by atoms with van der Waals surface area (Å²) >= 11 is 0. The number of ether oxygens (including phenoxy) is 2. The van der Waals surface area contributed by atoms with Gasteiger partial charge >= 0.3 is 0 Å². The summed E-state index contributed by atoms with van der Waals surface area (Å²) in [5.74, 6) is 0.175. The van der Waals surface area contributed by atoms with E-state index in [9.17, 15) is 4.79 Å². The summed E-state index contributed by atoms with van der Waals surface area (Å²) in [6.45, 7) is 4.45. The minimum absolute atomic E-state index is 0.0680. The van der Waals surface area contributed by atoms with E-state index in [0.29, 0.717) is 19.0 Å². The zero-order chi connectivity index (χ0) is 12.0. The first-order valence-corrected chi connectivity index (χ1v) is 5.16. The summed E-state index contributed by atoms with van der Waals surface area (Å²) in [5, 5.41) is 11.3. The van der Waals surface area contributed by atoms with Crippen LogP contribution in [0.25, 0.3) is 0 Å². The zero-order valence-electron chi connectivity index (χ0n) is 9.71. The highest BCUT2D eigenvalue weighted by molar-refractivity contribution is 5.83. The Hall–Kier alpha value is -1.34. The molecule has 0 N–H and O–H groups in total. The Bertz CT molecular complexity index is 333. The van der Waals surface area contributed by atoms with Crippen LogP contribution in [0, 0.1) is 0 Å². The number of aryl methyl sites for hydroxylation is 1. The molecule has 0 saturated heterocycles. The Morgan fingerprint density at radius 1 is 1.38 bits per heavy atom. The summed E-state index contributed by atoms with van der Waals surface area (Å²) in [6.07, 6.45) is -0.766. The van der Waals surface area contributed by atoms with E-state index >= 15 is 0 Å². The molecule has 0 amide bonds. The largest absolute Gasteiger partial charge is 0.346 e. The molecule has 0 spiro atoms. The first-order chi connectivity index (χ1) is 7.67. The molecule has 0 fully saturated rings. The van der Waals surface area contributed by atoms with Gasteiger partial charge in [0.15, 0.2) is 11.6 Å². The average molecular weight is 228 g/mol. The van der Waals surface area contributed by atoms with Gasteiger partial charge in [-0.05, 0) is 19.1 Å². The highest BCUT2D eigenvalue weighted by atomic mass is 16.7. The summed E-state index contributed by atoms with van der Waals surface area (Å²) in [7, 11) is 1.64. The lowest BCUT2D eigenvalue weighted by Gasteiger charge is -2.14. The minimum atomic E-state index is -0.834. The Balaban J connectivity index is 2.54. The second-order valence-corrected chi connectivity index (χ2v) is 3.08. The number of nitrogens with zero attached hydrogens (tertiary/aromatic N) is 4. The van der Waals surface area contributed by atoms with E-state index in [-0.39, 0.29) is 12.2 Å². The third-order valence-electron chi connectivity index (χ3n) is 1.78. The molecule has 7 nitrogen and oxygen atoms in total. The number of ketones is 1. The van der Waals surface area contributed by atoms with Crippen molar-refractivity contribution >= 4 is 5.78 Å². The van der Waals surface area contributed by atoms with Crippen molar-refractivity contribution in [2.75, 3.05) is 13.2 Å². The highest BCUT2D eigenvalue weighted by Gasteiger charge is 2.20. The van der Waals surface area contributed by atoms with Crippen LogP contribution in [0.15, 0.2) is 0 Å². The summed E-state index contributed by atoms with van der Waals surface area (Å²) in [6, 6.07) is 0. The average Bonchev–Trinajstić information content (AvgIpc) is 2.63. The van der Waals surface area contributed by atoms with Crippen LogP contribution in [0.3, 0.4) is 0 Å². The lowest BCUT2D eigenvalue weighted by atomic mass is 10.2. The fraction of sp³-hybridized carbons (Fsp3) is 0.778. The van der Waals surface area contributed by atoms with Gasteiger partial charge in [-0.25, -0.2) is 0 Å². The quantitative estimate of drug-likeness (QED) is 0.597. The van der Waals surface area contributed by atoms with Crippen LogP contribution in [0.5, 0.6) is 0 Å². The van der Waals surface area contributed by atoms with Gasteiger partial charge < -0.3 is 9.47 Å². The van der Waals surface area contributed by atoms with Gasteiger partial charge in [-0.3, -0.25) is 4.79 Å². The maximum Gasteiger partial charge on any atom is 0.218 e. The predicted octanol–water partition coefficient (Wildman–Crippen LogP) is -0.279. The van der Waals surface area contributed by atoms with Crippen LogP contribution in [0.4, 0.5) is 0 Å². The van der Waals surface area contributed by atoms with Crippen molar-refractivity contribution in [3.05, 3.63) is 5.82 Å². The molecular weight excluding hydrogens is 212 g/mol. The molecule has 1 heterocycles. The Morgan fingerprint density at radius 3 is 2.44 bits per heavy atom. The third-order valence-corrected chi connectivity index (χ3v) is 1.78. The second kappa shape index (κ2) is 6.29. The summed E-state index contributed by atoms with van der Waals surface area (Å²) in [5.41, 5.74) is 0. The molecule has 0 saturated carbocycles. The van der Waals surface area contributed by atoms with E-state index in [1.807, 2.05) is 0 Å². The number of carbonyl (C=O) groups excluding carboxylic acids is 1. The van der Waals surface area contributed by atoms with Crippen LogP contribution in [-0.2, 0) is 27.7 Å². The van der Waals surface area contributed by atoms with Crippen LogP contribution in [0.1, 0.15) is 19.7 Å². The van der Waals surface area contributed by atoms with Crippen molar-refractivity contribution in [3.8, 4) is 0 Å². The van der Waals surface area contributed by atoms with Crippen LogP contribution < -0.4 is 0 Å². The molecule has 90 valence electrons. The number of hydrogen-bond acceptors (Lipinski definition) is 6. The lowest BCUT2D eigenvalue weighted by Crippen LogP contribution is -2.29. The van der Waals surface area contributed by atoms with Gasteiger partial charge in [0.25, 0.3) is 0 Å². The van der Waals surface area contributed by atoms with E-state index in [1.165, 1.54) is 4.80 Å². The molecule has 1 aromatic rings. The van der Waals surface area contributed by atoms with Gasteiger partial charge in [0.1, 0.15) is 0 Å². The molecular formula is C9H16N4O3. The molecule has 0 aromatic carbocycles. The van der Waals surface area contributed by atoms with Crippen molar-refractivity contribution in [1.82, 2.24) is 20.2 Å². The SMILES string of the molecule is CCOC(OCC)C(=O)Cc1nnn(C)n1. The van der Waals surface area contributed by atoms with Crippen LogP contribution in [0.2, 0.25) is 0 Å². The fourth-order valence-corrected chi connectivity index (χ4v) is 1.17. The molecule has 16 heavy (non-hydrogen) atoms. The standard InChI is InChI=1S/C9H16N4O3/c1-4-15-9(16-5-2)7(14)6-8-10-12-13(3)11-8/h9H,4-6H2,1-3H3. The van der Waals surface area contributed by atoms with Gasteiger partial charge in [-0.15, -0.1) is 10.2 Å². The van der Waals surface area contributed by atoms with Crippen LogP contribution >= 0.6 is 0 Å². The first kappa shape index (κ1) is 12.7. The maximum absolute atomic E-state index is 11.7. The molecule has 0 atom stereocenters. The molecule has 0 aliphatic heterocycles. The molecule has 1 aromatic heterocycles. The molecule has 1 rings (SSSR count). The normalized spacial score (nSPS) is 11.0. The number of hydrogen-bond donors (Lipinski definition) is 0. The maximum atomic E-state index is 11.7.